The number of carbonyl (C=O) groups excluding carboxylic acids is 1. The van der Waals surface area contributed by atoms with Gasteiger partial charge in [-0.2, -0.15) is 0 Å². The molecule has 6 heteroatoms. The second kappa shape index (κ2) is 11.8. The van der Waals surface area contributed by atoms with E-state index < -0.39 is 0 Å². The van der Waals surface area contributed by atoms with Crippen LogP contribution in [0.15, 0.2) is 35.3 Å². The van der Waals surface area contributed by atoms with Crippen molar-refractivity contribution in [3.05, 3.63) is 35.9 Å². The van der Waals surface area contributed by atoms with Gasteiger partial charge in [-0.25, -0.2) is 0 Å². The van der Waals surface area contributed by atoms with Gasteiger partial charge in [0.1, 0.15) is 0 Å². The van der Waals surface area contributed by atoms with Crippen molar-refractivity contribution in [2.75, 3.05) is 40.3 Å². The molecule has 0 heterocycles. The fourth-order valence-corrected chi connectivity index (χ4v) is 3.90. The predicted octanol–water partition coefficient (Wildman–Crippen LogP) is 3.36. The number of guanidine groups is 1. The summed E-state index contributed by atoms with van der Waals surface area (Å²) in [6, 6.07) is 10.3. The van der Waals surface area contributed by atoms with E-state index in [1.807, 2.05) is 32.3 Å². The predicted molar refractivity (Wildman–Crippen MR) is 119 cm³/mol. The van der Waals surface area contributed by atoms with Gasteiger partial charge >= 0.3 is 0 Å². The maximum atomic E-state index is 12.7. The third-order valence-corrected chi connectivity index (χ3v) is 5.55. The summed E-state index contributed by atoms with van der Waals surface area (Å²) < 4.78 is 5.93. The zero-order valence-corrected chi connectivity index (χ0v) is 18.5. The van der Waals surface area contributed by atoms with E-state index in [-0.39, 0.29) is 17.4 Å². The molecule has 0 aromatic heterocycles. The summed E-state index contributed by atoms with van der Waals surface area (Å²) in [5.74, 6) is 0.985. The molecule has 1 fully saturated rings. The standard InChI is InChI=1S/C23H38N4O2/c1-5-24-22(26-18-23(14-9-10-15-23)21(28)27(3)4)25-16-11-17-29-19(2)20-12-7-6-8-13-20/h6-8,12-13,19H,5,9-11,14-18H2,1-4H3,(H2,24,25,26). The molecule has 1 aromatic carbocycles. The Morgan fingerprint density at radius 2 is 1.90 bits per heavy atom. The molecule has 0 bridgehead atoms. The largest absolute Gasteiger partial charge is 0.374 e. The number of amides is 1. The summed E-state index contributed by atoms with van der Waals surface area (Å²) in [5.41, 5.74) is 0.864. The van der Waals surface area contributed by atoms with Gasteiger partial charge in [0, 0.05) is 33.8 Å². The van der Waals surface area contributed by atoms with Gasteiger partial charge in [0.15, 0.2) is 5.96 Å². The molecular formula is C23H38N4O2. The SMILES string of the molecule is CCNC(=NCC1(C(=O)N(C)C)CCCC1)NCCCOC(C)c1ccccc1. The lowest BCUT2D eigenvalue weighted by atomic mass is 9.85. The van der Waals surface area contributed by atoms with E-state index in [1.54, 1.807) is 4.90 Å². The fraction of sp³-hybridized carbons (Fsp3) is 0.652. The van der Waals surface area contributed by atoms with Gasteiger partial charge in [-0.3, -0.25) is 9.79 Å². The first-order chi connectivity index (χ1) is 14.0. The second-order valence-electron chi connectivity index (χ2n) is 8.09. The number of rotatable bonds is 10. The molecule has 0 spiro atoms. The molecule has 1 aliphatic carbocycles. The number of ether oxygens (including phenoxy) is 1. The van der Waals surface area contributed by atoms with Gasteiger partial charge in [0.25, 0.3) is 0 Å². The number of hydrogen-bond acceptors (Lipinski definition) is 3. The van der Waals surface area contributed by atoms with Crippen LogP contribution in [-0.2, 0) is 9.53 Å². The molecule has 1 aromatic rings. The lowest BCUT2D eigenvalue weighted by molar-refractivity contribution is -0.138. The lowest BCUT2D eigenvalue weighted by Gasteiger charge is -2.29. The van der Waals surface area contributed by atoms with Crippen LogP contribution in [0.4, 0.5) is 0 Å². The average Bonchev–Trinajstić information content (AvgIpc) is 3.21. The van der Waals surface area contributed by atoms with Crippen LogP contribution >= 0.6 is 0 Å². The molecule has 1 amide bonds. The van der Waals surface area contributed by atoms with Crippen LogP contribution < -0.4 is 10.6 Å². The van der Waals surface area contributed by atoms with E-state index in [9.17, 15) is 4.79 Å². The summed E-state index contributed by atoms with van der Waals surface area (Å²) in [4.78, 5) is 19.2. The molecule has 2 rings (SSSR count). The first-order valence-corrected chi connectivity index (χ1v) is 10.9. The molecule has 1 unspecified atom stereocenters. The minimum Gasteiger partial charge on any atom is -0.374 e. The Hall–Kier alpha value is -2.08. The molecule has 162 valence electrons. The van der Waals surface area contributed by atoms with Crippen LogP contribution in [0, 0.1) is 5.41 Å². The summed E-state index contributed by atoms with van der Waals surface area (Å²) in [6.07, 6.45) is 5.06. The Balaban J connectivity index is 1.80. The Kier molecular flexibility index (Phi) is 9.45. The summed E-state index contributed by atoms with van der Waals surface area (Å²) in [6.45, 7) is 6.94. The highest BCUT2D eigenvalue weighted by Gasteiger charge is 2.42. The molecular weight excluding hydrogens is 364 g/mol. The summed E-state index contributed by atoms with van der Waals surface area (Å²) >= 11 is 0. The van der Waals surface area contributed by atoms with Crippen LogP contribution in [-0.4, -0.2) is 57.1 Å². The van der Waals surface area contributed by atoms with Gasteiger partial charge in [0.05, 0.1) is 18.1 Å². The van der Waals surface area contributed by atoms with Crippen LogP contribution in [0.25, 0.3) is 0 Å². The first-order valence-electron chi connectivity index (χ1n) is 10.9. The highest BCUT2D eigenvalue weighted by Crippen LogP contribution is 2.39. The van der Waals surface area contributed by atoms with Gasteiger partial charge in [-0.05, 0) is 38.7 Å². The minimum absolute atomic E-state index is 0.0948. The van der Waals surface area contributed by atoms with Gasteiger partial charge in [-0.15, -0.1) is 0 Å². The average molecular weight is 403 g/mol. The van der Waals surface area contributed by atoms with Gasteiger partial charge in [0.2, 0.25) is 5.91 Å². The van der Waals surface area contributed by atoms with Crippen molar-refractivity contribution in [3.8, 4) is 0 Å². The summed E-state index contributed by atoms with van der Waals surface area (Å²) in [5, 5.41) is 6.67. The number of benzene rings is 1. The van der Waals surface area contributed by atoms with Crippen molar-refractivity contribution in [2.45, 2.75) is 52.1 Å². The van der Waals surface area contributed by atoms with Crippen LogP contribution in [0.5, 0.6) is 0 Å². The molecule has 1 aliphatic rings. The van der Waals surface area contributed by atoms with E-state index in [0.29, 0.717) is 13.2 Å². The maximum Gasteiger partial charge on any atom is 0.230 e. The van der Waals surface area contributed by atoms with Crippen molar-refractivity contribution in [2.24, 2.45) is 10.4 Å². The van der Waals surface area contributed by atoms with Crippen molar-refractivity contribution in [1.82, 2.24) is 15.5 Å². The number of aliphatic imine (C=N–C) groups is 1. The highest BCUT2D eigenvalue weighted by atomic mass is 16.5. The summed E-state index contributed by atoms with van der Waals surface area (Å²) in [7, 11) is 3.68. The van der Waals surface area contributed by atoms with E-state index in [2.05, 4.69) is 36.6 Å². The third-order valence-electron chi connectivity index (χ3n) is 5.55. The Labute approximate surface area is 176 Å². The first kappa shape index (κ1) is 23.2. The minimum atomic E-state index is -0.333. The zero-order chi connectivity index (χ0) is 21.1. The molecule has 2 N–H and O–H groups in total. The molecule has 0 saturated heterocycles. The van der Waals surface area contributed by atoms with Gasteiger partial charge in [-0.1, -0.05) is 43.2 Å². The van der Waals surface area contributed by atoms with Crippen molar-refractivity contribution >= 4 is 11.9 Å². The van der Waals surface area contributed by atoms with Crippen molar-refractivity contribution in [1.29, 1.82) is 0 Å². The Morgan fingerprint density at radius 3 is 2.52 bits per heavy atom. The highest BCUT2D eigenvalue weighted by molar-refractivity contribution is 5.84. The maximum absolute atomic E-state index is 12.7. The smallest absolute Gasteiger partial charge is 0.230 e. The number of nitrogens with zero attached hydrogens (tertiary/aromatic N) is 2. The van der Waals surface area contributed by atoms with Crippen LogP contribution in [0.3, 0.4) is 0 Å². The molecule has 1 saturated carbocycles. The molecule has 0 aliphatic heterocycles. The topological polar surface area (TPSA) is 66.0 Å². The molecule has 1 atom stereocenters. The molecule has 0 radical (unpaired) electrons. The quantitative estimate of drug-likeness (QED) is 0.358. The number of nitrogens with one attached hydrogen (secondary N) is 2. The monoisotopic (exact) mass is 402 g/mol. The Bertz CT molecular complexity index is 640. The molecule has 29 heavy (non-hydrogen) atoms. The van der Waals surface area contributed by atoms with Crippen LogP contribution in [0.2, 0.25) is 0 Å². The zero-order valence-electron chi connectivity index (χ0n) is 18.5. The number of carbonyl (C=O) groups is 1. The van der Waals surface area contributed by atoms with Gasteiger partial charge < -0.3 is 20.3 Å². The second-order valence-corrected chi connectivity index (χ2v) is 8.09. The molecule has 6 nitrogen and oxygen atoms in total. The van der Waals surface area contributed by atoms with E-state index in [4.69, 9.17) is 9.73 Å². The number of hydrogen-bond donors (Lipinski definition) is 2. The normalized spacial score (nSPS) is 17.0. The van der Waals surface area contributed by atoms with E-state index >= 15 is 0 Å². The van der Waals surface area contributed by atoms with E-state index in [0.717, 1.165) is 51.2 Å². The lowest BCUT2D eigenvalue weighted by Crippen LogP contribution is -2.43. The fourth-order valence-electron chi connectivity index (χ4n) is 3.90. The van der Waals surface area contributed by atoms with E-state index in [1.165, 1.54) is 5.56 Å². The third kappa shape index (κ3) is 7.03. The Morgan fingerprint density at radius 1 is 1.21 bits per heavy atom. The van der Waals surface area contributed by atoms with Crippen molar-refractivity contribution in [3.63, 3.8) is 0 Å². The van der Waals surface area contributed by atoms with Crippen molar-refractivity contribution < 1.29 is 9.53 Å². The van der Waals surface area contributed by atoms with Crippen LogP contribution in [0.1, 0.15) is 57.6 Å².